The summed E-state index contributed by atoms with van der Waals surface area (Å²) in [5.41, 5.74) is 8.84. The minimum Gasteiger partial charge on any atom is -0.507 e. The lowest BCUT2D eigenvalue weighted by atomic mass is 9.95. The van der Waals surface area contributed by atoms with E-state index in [4.69, 9.17) is 10.7 Å². The quantitative estimate of drug-likeness (QED) is 0.776. The summed E-state index contributed by atoms with van der Waals surface area (Å²) in [5.74, 6) is 2.17. The van der Waals surface area contributed by atoms with Crippen LogP contribution in [0.2, 0.25) is 0 Å². The molecule has 25 heavy (non-hydrogen) atoms. The molecule has 1 aromatic carbocycles. The number of rotatable bonds is 5. The number of hydrogen-bond donors (Lipinski definition) is 3. The van der Waals surface area contributed by atoms with Crippen molar-refractivity contribution in [3.8, 4) is 17.1 Å². The van der Waals surface area contributed by atoms with Crippen molar-refractivity contribution < 1.29 is 5.11 Å². The second-order valence-electron chi connectivity index (χ2n) is 7.33. The predicted molar refractivity (Wildman–Crippen MR) is 102 cm³/mol. The number of anilines is 1. The van der Waals surface area contributed by atoms with Crippen molar-refractivity contribution >= 4 is 5.82 Å². The summed E-state index contributed by atoms with van der Waals surface area (Å²) in [6, 6.07) is 7.50. The van der Waals surface area contributed by atoms with Crippen LogP contribution in [0.1, 0.15) is 50.3 Å². The molecule has 3 rings (SSSR count). The number of aromatic hydroxyl groups is 1. The Hall–Kier alpha value is -2.14. The maximum atomic E-state index is 10.5. The van der Waals surface area contributed by atoms with Gasteiger partial charge in [-0.2, -0.15) is 0 Å². The van der Waals surface area contributed by atoms with Crippen LogP contribution in [0.25, 0.3) is 11.4 Å². The first-order chi connectivity index (χ1) is 12.0. The summed E-state index contributed by atoms with van der Waals surface area (Å²) in [5, 5.41) is 13.9. The number of aromatic nitrogens is 2. The van der Waals surface area contributed by atoms with Crippen LogP contribution in [0.3, 0.4) is 0 Å². The molecule has 0 amide bonds. The Morgan fingerprint density at radius 2 is 2.16 bits per heavy atom. The molecule has 0 spiro atoms. The van der Waals surface area contributed by atoms with Crippen molar-refractivity contribution in [2.45, 2.75) is 45.4 Å². The van der Waals surface area contributed by atoms with Crippen molar-refractivity contribution in [3.05, 3.63) is 35.5 Å². The van der Waals surface area contributed by atoms with Gasteiger partial charge >= 0.3 is 0 Å². The summed E-state index contributed by atoms with van der Waals surface area (Å²) in [4.78, 5) is 9.22. The van der Waals surface area contributed by atoms with Gasteiger partial charge in [0.1, 0.15) is 11.6 Å². The highest BCUT2D eigenvalue weighted by atomic mass is 16.3. The van der Waals surface area contributed by atoms with E-state index in [-0.39, 0.29) is 5.75 Å². The fraction of sp³-hybridized carbons (Fsp3) is 0.500. The van der Waals surface area contributed by atoms with Crippen LogP contribution < -0.4 is 11.1 Å². The van der Waals surface area contributed by atoms with Crippen molar-refractivity contribution in [3.63, 3.8) is 0 Å². The van der Waals surface area contributed by atoms with Crippen molar-refractivity contribution in [1.29, 1.82) is 0 Å². The van der Waals surface area contributed by atoms with Crippen LogP contribution in [-0.4, -0.2) is 28.2 Å². The lowest BCUT2D eigenvalue weighted by Crippen LogP contribution is -2.29. The number of nitrogen functional groups attached to an aromatic ring is 1. The van der Waals surface area contributed by atoms with Gasteiger partial charge in [-0.25, -0.2) is 9.97 Å². The minimum absolute atomic E-state index is 0.222. The molecule has 1 aliphatic heterocycles. The Morgan fingerprint density at radius 3 is 2.88 bits per heavy atom. The maximum absolute atomic E-state index is 10.5. The van der Waals surface area contributed by atoms with E-state index in [2.05, 4.69) is 24.1 Å². The number of phenolic OH excluding ortho intramolecular Hbond substituents is 1. The molecule has 0 saturated carbocycles. The Bertz CT molecular complexity index is 724. The van der Waals surface area contributed by atoms with Crippen LogP contribution in [0.15, 0.2) is 24.3 Å². The zero-order valence-corrected chi connectivity index (χ0v) is 15.1. The summed E-state index contributed by atoms with van der Waals surface area (Å²) in [7, 11) is 0. The second-order valence-corrected chi connectivity index (χ2v) is 7.33. The number of piperidine rings is 1. The molecule has 1 atom stereocenters. The molecule has 1 aliphatic rings. The number of benzene rings is 1. The largest absolute Gasteiger partial charge is 0.507 e. The molecule has 4 N–H and O–H groups in total. The van der Waals surface area contributed by atoms with Crippen molar-refractivity contribution in [2.75, 3.05) is 18.8 Å². The monoisotopic (exact) mass is 340 g/mol. The van der Waals surface area contributed by atoms with Crippen LogP contribution in [-0.2, 0) is 6.42 Å². The molecule has 1 saturated heterocycles. The first-order valence-corrected chi connectivity index (χ1v) is 9.21. The average Bonchev–Trinajstić information content (AvgIpc) is 2.60. The van der Waals surface area contributed by atoms with Gasteiger partial charge in [0.2, 0.25) is 0 Å². The number of nitrogens with one attached hydrogen (secondary N) is 1. The Kier molecular flexibility index (Phi) is 5.53. The first-order valence-electron chi connectivity index (χ1n) is 9.21. The fourth-order valence-electron chi connectivity index (χ4n) is 3.41. The number of nitrogens with zero attached hydrogens (tertiary/aromatic N) is 2. The lowest BCUT2D eigenvalue weighted by Gasteiger charge is -2.23. The van der Waals surface area contributed by atoms with E-state index in [1.54, 1.807) is 6.07 Å². The molecule has 1 aromatic heterocycles. The van der Waals surface area contributed by atoms with Gasteiger partial charge in [0.15, 0.2) is 5.82 Å². The number of hydrogen-bond acceptors (Lipinski definition) is 5. The standard InChI is InChI=1S/C20H28N4O/c1-13(2)8-9-14-5-3-7-17(25)19(14)20-23-16(11-18(21)24-20)15-6-4-10-22-12-15/h3,5,7,11,13,15,22,25H,4,6,8-10,12H2,1-2H3,(H2,21,23,24). The Morgan fingerprint density at radius 1 is 1.32 bits per heavy atom. The van der Waals surface area contributed by atoms with E-state index >= 15 is 0 Å². The second kappa shape index (κ2) is 7.83. The van der Waals surface area contributed by atoms with Gasteiger partial charge in [-0.3, -0.25) is 0 Å². The molecular weight excluding hydrogens is 312 g/mol. The predicted octanol–water partition coefficient (Wildman–Crippen LogP) is 3.49. The minimum atomic E-state index is 0.222. The molecule has 134 valence electrons. The van der Waals surface area contributed by atoms with Crippen LogP contribution in [0.4, 0.5) is 5.82 Å². The third kappa shape index (κ3) is 4.28. The van der Waals surface area contributed by atoms with Crippen LogP contribution in [0, 0.1) is 5.92 Å². The highest BCUT2D eigenvalue weighted by Gasteiger charge is 2.20. The van der Waals surface area contributed by atoms with Crippen LogP contribution in [0.5, 0.6) is 5.75 Å². The Balaban J connectivity index is 1.99. The Labute approximate surface area is 149 Å². The van der Waals surface area contributed by atoms with Gasteiger partial charge in [0.25, 0.3) is 0 Å². The van der Waals surface area contributed by atoms with Crippen molar-refractivity contribution in [2.24, 2.45) is 5.92 Å². The molecule has 2 aromatic rings. The van der Waals surface area contributed by atoms with Crippen molar-refractivity contribution in [1.82, 2.24) is 15.3 Å². The van der Waals surface area contributed by atoms with Gasteiger partial charge < -0.3 is 16.2 Å². The summed E-state index contributed by atoms with van der Waals surface area (Å²) in [6.07, 6.45) is 4.18. The third-order valence-electron chi connectivity index (χ3n) is 4.82. The topological polar surface area (TPSA) is 84.1 Å². The van der Waals surface area contributed by atoms with Gasteiger partial charge in [-0.1, -0.05) is 26.0 Å². The first kappa shape index (κ1) is 17.7. The molecule has 0 bridgehead atoms. The highest BCUT2D eigenvalue weighted by Crippen LogP contribution is 2.33. The van der Waals surface area contributed by atoms with Gasteiger partial charge in [-0.15, -0.1) is 0 Å². The molecule has 0 aliphatic carbocycles. The van der Waals surface area contributed by atoms with E-state index in [0.717, 1.165) is 55.6 Å². The summed E-state index contributed by atoms with van der Waals surface area (Å²) in [6.45, 7) is 6.38. The SMILES string of the molecule is CC(C)CCc1cccc(O)c1-c1nc(N)cc(C2CCCNC2)n1. The molecule has 0 radical (unpaired) electrons. The number of nitrogens with two attached hydrogens (primary N) is 1. The zero-order valence-electron chi connectivity index (χ0n) is 15.1. The van der Waals surface area contributed by atoms with Gasteiger partial charge in [0, 0.05) is 18.5 Å². The number of aryl methyl sites for hydroxylation is 1. The van der Waals surface area contributed by atoms with Gasteiger partial charge in [-0.05, 0) is 49.8 Å². The van der Waals surface area contributed by atoms with E-state index < -0.39 is 0 Å². The highest BCUT2D eigenvalue weighted by molar-refractivity contribution is 5.69. The average molecular weight is 340 g/mol. The molecule has 2 heterocycles. The molecular formula is C20H28N4O. The summed E-state index contributed by atoms with van der Waals surface area (Å²) < 4.78 is 0. The summed E-state index contributed by atoms with van der Waals surface area (Å²) >= 11 is 0. The van der Waals surface area contributed by atoms with Crippen LogP contribution >= 0.6 is 0 Å². The van der Waals surface area contributed by atoms with E-state index in [1.165, 1.54) is 0 Å². The third-order valence-corrected chi connectivity index (χ3v) is 4.82. The van der Waals surface area contributed by atoms with Gasteiger partial charge in [0.05, 0.1) is 11.3 Å². The number of phenols is 1. The molecule has 5 nitrogen and oxygen atoms in total. The molecule has 5 heteroatoms. The maximum Gasteiger partial charge on any atom is 0.165 e. The fourth-order valence-corrected chi connectivity index (χ4v) is 3.41. The van der Waals surface area contributed by atoms with E-state index in [0.29, 0.717) is 23.5 Å². The molecule has 1 unspecified atom stereocenters. The smallest absolute Gasteiger partial charge is 0.165 e. The lowest BCUT2D eigenvalue weighted by molar-refractivity contribution is 0.454. The zero-order chi connectivity index (χ0) is 17.8. The van der Waals surface area contributed by atoms with E-state index in [1.807, 2.05) is 18.2 Å². The molecule has 1 fully saturated rings. The normalized spacial score (nSPS) is 17.8. The van der Waals surface area contributed by atoms with E-state index in [9.17, 15) is 5.11 Å².